The maximum atomic E-state index is 9.07. The summed E-state index contributed by atoms with van der Waals surface area (Å²) in [5, 5.41) is 15.5. The van der Waals surface area contributed by atoms with E-state index in [4.69, 9.17) is 9.84 Å². The van der Waals surface area contributed by atoms with E-state index in [1.807, 2.05) is 32.0 Å². The second kappa shape index (κ2) is 11.9. The van der Waals surface area contributed by atoms with Gasteiger partial charge in [-0.1, -0.05) is 44.2 Å². The summed E-state index contributed by atoms with van der Waals surface area (Å²) >= 11 is 0. The molecule has 2 atom stereocenters. The Morgan fingerprint density at radius 1 is 1.17 bits per heavy atom. The zero-order chi connectivity index (χ0) is 16.9. The van der Waals surface area contributed by atoms with Crippen molar-refractivity contribution in [3.8, 4) is 0 Å². The lowest BCUT2D eigenvalue weighted by Gasteiger charge is -2.15. The highest BCUT2D eigenvalue weighted by Crippen LogP contribution is 2.03. The van der Waals surface area contributed by atoms with E-state index in [1.165, 1.54) is 5.56 Å². The number of ether oxygens (including phenoxy) is 1. The molecule has 0 aromatic heterocycles. The quantitative estimate of drug-likeness (QED) is 0.456. The number of aliphatic hydroxyl groups excluding tert-OH is 1. The molecule has 5 nitrogen and oxygen atoms in total. The Hall–Kier alpha value is -1.59. The van der Waals surface area contributed by atoms with Crippen LogP contribution in [0, 0.1) is 11.8 Å². The van der Waals surface area contributed by atoms with Crippen molar-refractivity contribution in [2.75, 3.05) is 32.8 Å². The number of hydrogen-bond acceptors (Lipinski definition) is 3. The van der Waals surface area contributed by atoms with Crippen molar-refractivity contribution in [3.05, 3.63) is 35.9 Å². The zero-order valence-electron chi connectivity index (χ0n) is 14.6. The predicted molar refractivity (Wildman–Crippen MR) is 95.5 cm³/mol. The van der Waals surface area contributed by atoms with Crippen molar-refractivity contribution in [2.24, 2.45) is 16.8 Å². The number of benzene rings is 1. The van der Waals surface area contributed by atoms with Crippen molar-refractivity contribution in [1.29, 1.82) is 0 Å². The minimum atomic E-state index is 0.177. The SMILES string of the molecule is CCNC(=NCC(C)COCc1ccccc1)NCC(C)CO. The van der Waals surface area contributed by atoms with Gasteiger partial charge in [0.15, 0.2) is 5.96 Å². The Kier molecular flexibility index (Phi) is 10.1. The second-order valence-corrected chi connectivity index (χ2v) is 5.99. The van der Waals surface area contributed by atoms with Crippen LogP contribution in [0.2, 0.25) is 0 Å². The van der Waals surface area contributed by atoms with Gasteiger partial charge in [-0.2, -0.15) is 0 Å². The number of rotatable bonds is 10. The van der Waals surface area contributed by atoms with Gasteiger partial charge < -0.3 is 20.5 Å². The van der Waals surface area contributed by atoms with Crippen LogP contribution in [-0.2, 0) is 11.3 Å². The lowest BCUT2D eigenvalue weighted by Crippen LogP contribution is -2.40. The highest BCUT2D eigenvalue weighted by Gasteiger charge is 2.05. The van der Waals surface area contributed by atoms with E-state index in [9.17, 15) is 0 Å². The smallest absolute Gasteiger partial charge is 0.191 e. The van der Waals surface area contributed by atoms with Gasteiger partial charge in [-0.15, -0.1) is 0 Å². The van der Waals surface area contributed by atoms with Gasteiger partial charge in [0.2, 0.25) is 0 Å². The van der Waals surface area contributed by atoms with Crippen LogP contribution in [0.25, 0.3) is 0 Å². The average Bonchev–Trinajstić information content (AvgIpc) is 2.58. The van der Waals surface area contributed by atoms with Crippen LogP contribution in [0.3, 0.4) is 0 Å². The summed E-state index contributed by atoms with van der Waals surface area (Å²) in [6.07, 6.45) is 0. The highest BCUT2D eigenvalue weighted by atomic mass is 16.5. The van der Waals surface area contributed by atoms with Crippen molar-refractivity contribution in [3.63, 3.8) is 0 Å². The molecule has 5 heteroatoms. The van der Waals surface area contributed by atoms with Crippen molar-refractivity contribution in [2.45, 2.75) is 27.4 Å². The summed E-state index contributed by atoms with van der Waals surface area (Å²) in [4.78, 5) is 4.58. The molecule has 3 N–H and O–H groups in total. The Bertz CT molecular complexity index is 437. The first-order chi connectivity index (χ1) is 11.2. The van der Waals surface area contributed by atoms with E-state index in [1.54, 1.807) is 0 Å². The molecule has 0 radical (unpaired) electrons. The fourth-order valence-electron chi connectivity index (χ4n) is 1.93. The monoisotopic (exact) mass is 321 g/mol. The molecule has 23 heavy (non-hydrogen) atoms. The zero-order valence-corrected chi connectivity index (χ0v) is 14.6. The fraction of sp³-hybridized carbons (Fsp3) is 0.611. The normalized spacial score (nSPS) is 14.3. The van der Waals surface area contributed by atoms with Crippen molar-refractivity contribution in [1.82, 2.24) is 10.6 Å². The number of hydrogen-bond donors (Lipinski definition) is 3. The Morgan fingerprint density at radius 3 is 2.57 bits per heavy atom. The largest absolute Gasteiger partial charge is 0.396 e. The van der Waals surface area contributed by atoms with Gasteiger partial charge >= 0.3 is 0 Å². The predicted octanol–water partition coefficient (Wildman–Crippen LogP) is 2.02. The third kappa shape index (κ3) is 9.21. The molecule has 0 heterocycles. The lowest BCUT2D eigenvalue weighted by molar-refractivity contribution is 0.0945. The van der Waals surface area contributed by atoms with Crippen LogP contribution in [0.4, 0.5) is 0 Å². The minimum absolute atomic E-state index is 0.177. The molecule has 1 aromatic carbocycles. The number of nitrogens with zero attached hydrogens (tertiary/aromatic N) is 1. The summed E-state index contributed by atoms with van der Waals surface area (Å²) in [6.45, 7) is 9.91. The third-order valence-corrected chi connectivity index (χ3v) is 3.35. The molecule has 0 amide bonds. The molecular formula is C18H31N3O2. The number of aliphatic hydroxyl groups is 1. The summed E-state index contributed by atoms with van der Waals surface area (Å²) in [6, 6.07) is 10.2. The molecule has 1 aromatic rings. The van der Waals surface area contributed by atoms with Gasteiger partial charge in [0.05, 0.1) is 13.2 Å². The summed E-state index contributed by atoms with van der Waals surface area (Å²) in [7, 11) is 0. The Labute approximate surface area is 140 Å². The van der Waals surface area contributed by atoms with E-state index in [0.717, 1.165) is 12.5 Å². The van der Waals surface area contributed by atoms with Crippen molar-refractivity contribution >= 4 is 5.96 Å². The molecule has 0 aliphatic heterocycles. The van der Waals surface area contributed by atoms with Crippen LogP contribution < -0.4 is 10.6 Å². The molecule has 0 saturated heterocycles. The molecule has 0 aliphatic rings. The fourth-order valence-corrected chi connectivity index (χ4v) is 1.93. The van der Waals surface area contributed by atoms with E-state index in [-0.39, 0.29) is 12.5 Å². The summed E-state index contributed by atoms with van der Waals surface area (Å²) < 4.78 is 5.75. The molecule has 0 saturated carbocycles. The van der Waals surface area contributed by atoms with E-state index in [2.05, 4.69) is 34.7 Å². The van der Waals surface area contributed by atoms with Crippen LogP contribution in [-0.4, -0.2) is 43.9 Å². The molecule has 0 fully saturated rings. The molecule has 0 spiro atoms. The molecular weight excluding hydrogens is 290 g/mol. The topological polar surface area (TPSA) is 65.9 Å². The number of nitrogens with one attached hydrogen (secondary N) is 2. The molecule has 0 bridgehead atoms. The van der Waals surface area contributed by atoms with Crippen LogP contribution in [0.5, 0.6) is 0 Å². The van der Waals surface area contributed by atoms with Gasteiger partial charge in [0.1, 0.15) is 0 Å². The van der Waals surface area contributed by atoms with Gasteiger partial charge in [-0.05, 0) is 24.3 Å². The van der Waals surface area contributed by atoms with Crippen molar-refractivity contribution < 1.29 is 9.84 Å². The first-order valence-electron chi connectivity index (χ1n) is 8.40. The first-order valence-corrected chi connectivity index (χ1v) is 8.40. The molecule has 130 valence electrons. The Morgan fingerprint density at radius 2 is 1.91 bits per heavy atom. The number of aliphatic imine (C=N–C) groups is 1. The van der Waals surface area contributed by atoms with Crippen LogP contribution in [0.1, 0.15) is 26.3 Å². The van der Waals surface area contributed by atoms with E-state index >= 15 is 0 Å². The number of guanidine groups is 1. The average molecular weight is 321 g/mol. The summed E-state index contributed by atoms with van der Waals surface area (Å²) in [5.41, 5.74) is 1.19. The highest BCUT2D eigenvalue weighted by molar-refractivity contribution is 5.79. The molecule has 0 aliphatic carbocycles. The first kappa shape index (κ1) is 19.5. The Balaban J connectivity index is 2.30. The maximum absolute atomic E-state index is 9.07. The van der Waals surface area contributed by atoms with Crippen LogP contribution >= 0.6 is 0 Å². The molecule has 2 unspecified atom stereocenters. The van der Waals surface area contributed by atoms with Gasteiger partial charge in [0, 0.05) is 26.2 Å². The van der Waals surface area contributed by atoms with E-state index < -0.39 is 0 Å². The van der Waals surface area contributed by atoms with Gasteiger partial charge in [0.25, 0.3) is 0 Å². The second-order valence-electron chi connectivity index (χ2n) is 5.99. The van der Waals surface area contributed by atoms with Gasteiger partial charge in [-0.3, -0.25) is 4.99 Å². The lowest BCUT2D eigenvalue weighted by atomic mass is 10.2. The summed E-state index contributed by atoms with van der Waals surface area (Å²) in [5.74, 6) is 1.36. The van der Waals surface area contributed by atoms with Gasteiger partial charge in [-0.25, -0.2) is 0 Å². The maximum Gasteiger partial charge on any atom is 0.191 e. The molecule has 1 rings (SSSR count). The van der Waals surface area contributed by atoms with E-state index in [0.29, 0.717) is 32.2 Å². The standard InChI is InChI=1S/C18H31N3O2/c1-4-19-18(20-10-15(2)12-22)21-11-16(3)13-23-14-17-8-6-5-7-9-17/h5-9,15-16,22H,4,10-14H2,1-3H3,(H2,19,20,21). The third-order valence-electron chi connectivity index (χ3n) is 3.35. The minimum Gasteiger partial charge on any atom is -0.396 e. The van der Waals surface area contributed by atoms with Crippen LogP contribution in [0.15, 0.2) is 35.3 Å².